The second-order valence-corrected chi connectivity index (χ2v) is 5.43. The summed E-state index contributed by atoms with van der Waals surface area (Å²) >= 11 is 0. The number of piperidine rings is 1. The summed E-state index contributed by atoms with van der Waals surface area (Å²) in [5.74, 6) is 0.842. The predicted molar refractivity (Wildman–Crippen MR) is 84.9 cm³/mol. The molecule has 0 saturated carbocycles. The fourth-order valence-electron chi connectivity index (χ4n) is 2.84. The minimum Gasteiger partial charge on any atom is -0.316 e. The van der Waals surface area contributed by atoms with Crippen molar-refractivity contribution in [2.45, 2.75) is 32.7 Å². The molecule has 0 bridgehead atoms. The highest BCUT2D eigenvalue weighted by Gasteiger charge is 2.16. The Bertz CT molecular complexity index is 323. The molecule has 1 aliphatic heterocycles. The third-order valence-electron chi connectivity index (χ3n) is 3.70. The van der Waals surface area contributed by atoms with Crippen LogP contribution in [0.15, 0.2) is 30.3 Å². The van der Waals surface area contributed by atoms with E-state index in [1.807, 2.05) is 0 Å². The third-order valence-corrected chi connectivity index (χ3v) is 3.70. The van der Waals surface area contributed by atoms with Crippen LogP contribution >= 0.6 is 12.4 Å². The van der Waals surface area contributed by atoms with E-state index in [9.17, 15) is 0 Å². The first kappa shape index (κ1) is 16.5. The standard InChI is InChI=1S/C16H26N2.ClH/c1-2-11-18(13-15-7-4-3-5-8-15)14-16-9-6-10-17-12-16;/h3-5,7-8,16-17H,2,6,9-14H2,1H3;1H. The van der Waals surface area contributed by atoms with Gasteiger partial charge >= 0.3 is 0 Å². The zero-order valence-corrected chi connectivity index (χ0v) is 12.8. The molecule has 0 radical (unpaired) electrons. The van der Waals surface area contributed by atoms with Crippen LogP contribution in [-0.2, 0) is 6.54 Å². The van der Waals surface area contributed by atoms with E-state index < -0.39 is 0 Å². The van der Waals surface area contributed by atoms with Crippen LogP contribution in [0, 0.1) is 5.92 Å². The normalized spacial score (nSPS) is 19.2. The van der Waals surface area contributed by atoms with Gasteiger partial charge in [-0.3, -0.25) is 4.90 Å². The lowest BCUT2D eigenvalue weighted by molar-refractivity contribution is 0.201. The lowest BCUT2D eigenvalue weighted by Crippen LogP contribution is -2.38. The van der Waals surface area contributed by atoms with E-state index >= 15 is 0 Å². The molecule has 2 nitrogen and oxygen atoms in total. The first-order chi connectivity index (χ1) is 8.88. The molecule has 108 valence electrons. The van der Waals surface area contributed by atoms with Crippen LogP contribution in [0.5, 0.6) is 0 Å². The van der Waals surface area contributed by atoms with Gasteiger partial charge in [-0.1, -0.05) is 37.3 Å². The lowest BCUT2D eigenvalue weighted by Gasteiger charge is -2.30. The Balaban J connectivity index is 0.00000180. The Hall–Kier alpha value is -0.570. The number of hydrogen-bond acceptors (Lipinski definition) is 2. The fraction of sp³-hybridized carbons (Fsp3) is 0.625. The zero-order chi connectivity index (χ0) is 12.6. The summed E-state index contributed by atoms with van der Waals surface area (Å²) in [6.07, 6.45) is 3.98. The van der Waals surface area contributed by atoms with Gasteiger partial charge in [-0.05, 0) is 50.4 Å². The molecule has 1 unspecified atom stereocenters. The summed E-state index contributed by atoms with van der Waals surface area (Å²) in [6.45, 7) is 8.25. The maximum Gasteiger partial charge on any atom is 0.0233 e. The van der Waals surface area contributed by atoms with Crippen LogP contribution in [0.3, 0.4) is 0 Å². The number of halogens is 1. The third kappa shape index (κ3) is 5.94. The van der Waals surface area contributed by atoms with E-state index in [-0.39, 0.29) is 12.4 Å². The van der Waals surface area contributed by atoms with Gasteiger partial charge in [0.05, 0.1) is 0 Å². The van der Waals surface area contributed by atoms with Crippen molar-refractivity contribution in [3.8, 4) is 0 Å². The van der Waals surface area contributed by atoms with Gasteiger partial charge in [-0.15, -0.1) is 12.4 Å². The molecule has 0 aliphatic carbocycles. The van der Waals surface area contributed by atoms with Gasteiger partial charge in [-0.25, -0.2) is 0 Å². The predicted octanol–water partition coefficient (Wildman–Crippen LogP) is 3.32. The number of nitrogens with zero attached hydrogens (tertiary/aromatic N) is 1. The summed E-state index contributed by atoms with van der Waals surface area (Å²) in [5.41, 5.74) is 1.44. The van der Waals surface area contributed by atoms with E-state index in [4.69, 9.17) is 0 Å². The highest BCUT2D eigenvalue weighted by molar-refractivity contribution is 5.85. The van der Waals surface area contributed by atoms with Crippen LogP contribution in [0.25, 0.3) is 0 Å². The Morgan fingerprint density at radius 1 is 1.26 bits per heavy atom. The molecule has 19 heavy (non-hydrogen) atoms. The molecular formula is C16H27ClN2. The van der Waals surface area contributed by atoms with Crippen molar-refractivity contribution in [3.05, 3.63) is 35.9 Å². The van der Waals surface area contributed by atoms with Gasteiger partial charge in [-0.2, -0.15) is 0 Å². The van der Waals surface area contributed by atoms with E-state index in [0.717, 1.165) is 12.5 Å². The Morgan fingerprint density at radius 2 is 2.05 bits per heavy atom. The quantitative estimate of drug-likeness (QED) is 0.861. The van der Waals surface area contributed by atoms with Crippen LogP contribution in [-0.4, -0.2) is 31.1 Å². The van der Waals surface area contributed by atoms with E-state index in [1.54, 1.807) is 0 Å². The summed E-state index contributed by atoms with van der Waals surface area (Å²) in [5, 5.41) is 3.52. The fourth-order valence-corrected chi connectivity index (χ4v) is 2.84. The molecule has 0 spiro atoms. The highest BCUT2D eigenvalue weighted by atomic mass is 35.5. The van der Waals surface area contributed by atoms with E-state index in [2.05, 4.69) is 47.5 Å². The smallest absolute Gasteiger partial charge is 0.0233 e. The first-order valence-corrected chi connectivity index (χ1v) is 7.35. The maximum absolute atomic E-state index is 3.52. The summed E-state index contributed by atoms with van der Waals surface area (Å²) in [7, 11) is 0. The molecule has 0 amide bonds. The van der Waals surface area contributed by atoms with E-state index in [1.165, 1.54) is 51.0 Å². The molecule has 1 N–H and O–H groups in total. The summed E-state index contributed by atoms with van der Waals surface area (Å²) in [6, 6.07) is 10.9. The topological polar surface area (TPSA) is 15.3 Å². The van der Waals surface area contributed by atoms with Gasteiger partial charge in [0.2, 0.25) is 0 Å². The maximum atomic E-state index is 3.52. The second-order valence-electron chi connectivity index (χ2n) is 5.43. The van der Waals surface area contributed by atoms with Crippen molar-refractivity contribution in [1.82, 2.24) is 10.2 Å². The molecule has 1 saturated heterocycles. The number of benzene rings is 1. The average Bonchev–Trinajstić information content (AvgIpc) is 2.41. The molecule has 1 fully saturated rings. The van der Waals surface area contributed by atoms with Gasteiger partial charge in [0, 0.05) is 13.1 Å². The van der Waals surface area contributed by atoms with Gasteiger partial charge in [0.15, 0.2) is 0 Å². The van der Waals surface area contributed by atoms with Crippen molar-refractivity contribution in [2.24, 2.45) is 5.92 Å². The molecule has 0 aromatic heterocycles. The number of rotatable bonds is 6. The zero-order valence-electron chi connectivity index (χ0n) is 12.0. The van der Waals surface area contributed by atoms with Gasteiger partial charge < -0.3 is 5.32 Å². The van der Waals surface area contributed by atoms with Crippen molar-refractivity contribution < 1.29 is 0 Å². The average molecular weight is 283 g/mol. The molecular weight excluding hydrogens is 256 g/mol. The molecule has 1 aromatic carbocycles. The summed E-state index contributed by atoms with van der Waals surface area (Å²) in [4.78, 5) is 2.62. The van der Waals surface area contributed by atoms with Gasteiger partial charge in [0.25, 0.3) is 0 Å². The van der Waals surface area contributed by atoms with Crippen LogP contribution in [0.4, 0.5) is 0 Å². The second kappa shape index (κ2) is 9.35. The molecule has 1 aliphatic rings. The molecule has 1 heterocycles. The number of hydrogen-bond donors (Lipinski definition) is 1. The first-order valence-electron chi connectivity index (χ1n) is 7.35. The van der Waals surface area contributed by atoms with E-state index in [0.29, 0.717) is 0 Å². The molecule has 1 atom stereocenters. The minimum atomic E-state index is 0. The molecule has 1 aromatic rings. The molecule has 2 rings (SSSR count). The Kier molecular flexibility index (Phi) is 8.11. The lowest BCUT2D eigenvalue weighted by atomic mass is 9.98. The van der Waals surface area contributed by atoms with Crippen molar-refractivity contribution in [3.63, 3.8) is 0 Å². The van der Waals surface area contributed by atoms with Crippen LogP contribution < -0.4 is 5.32 Å². The molecule has 3 heteroatoms. The SMILES string of the molecule is CCCN(Cc1ccccc1)CC1CCCNC1.Cl. The summed E-state index contributed by atoms with van der Waals surface area (Å²) < 4.78 is 0. The minimum absolute atomic E-state index is 0. The van der Waals surface area contributed by atoms with Crippen LogP contribution in [0.2, 0.25) is 0 Å². The Labute approximate surface area is 124 Å². The number of nitrogens with one attached hydrogen (secondary N) is 1. The largest absolute Gasteiger partial charge is 0.316 e. The monoisotopic (exact) mass is 282 g/mol. The van der Waals surface area contributed by atoms with Crippen molar-refractivity contribution in [1.29, 1.82) is 0 Å². The van der Waals surface area contributed by atoms with Gasteiger partial charge in [0.1, 0.15) is 0 Å². The van der Waals surface area contributed by atoms with Crippen molar-refractivity contribution in [2.75, 3.05) is 26.2 Å². The Morgan fingerprint density at radius 3 is 2.68 bits per heavy atom. The highest BCUT2D eigenvalue weighted by Crippen LogP contribution is 2.14. The van der Waals surface area contributed by atoms with Crippen molar-refractivity contribution >= 4 is 12.4 Å². The van der Waals surface area contributed by atoms with Crippen LogP contribution in [0.1, 0.15) is 31.7 Å².